The van der Waals surface area contributed by atoms with Crippen molar-refractivity contribution in [2.24, 2.45) is 0 Å². The van der Waals surface area contributed by atoms with Gasteiger partial charge in [0.05, 0.1) is 6.61 Å². The highest BCUT2D eigenvalue weighted by molar-refractivity contribution is 5.70. The highest BCUT2D eigenvalue weighted by atomic mass is 16.6. The molecule has 0 fully saturated rings. The number of aliphatic hydroxyl groups excluding tert-OH is 1. The minimum Gasteiger partial charge on any atom is -0.462 e. The molecule has 0 aliphatic heterocycles. The van der Waals surface area contributed by atoms with Crippen LogP contribution in [-0.2, 0) is 19.1 Å². The standard InChI is InChI=1S/C63H96O5/c1-3-5-7-9-11-13-15-17-19-21-23-25-27-29-31-33-35-37-39-41-43-45-47-49-51-53-55-57-62(65)67-60-61(59-64)68-63(66)58-56-54-52-50-48-46-44-42-40-38-36-34-32-30-28-26-24-22-20-18-16-14-12-10-8-6-4-2/h5-8,11-14,17-20,23-26,29-32,35-38,41-44,61,64H,3-4,9-10,15-16,21-22,27-28,33-34,39-40,45-60H2,1-2H3/b7-5-,8-6-,13-11-,14-12-,19-17-,20-18-,25-23-,26-24-,31-29-,32-30-,37-35-,38-36-,43-41-,44-42-. The van der Waals surface area contributed by atoms with Crippen molar-refractivity contribution in [1.29, 1.82) is 0 Å². The first-order valence-corrected chi connectivity index (χ1v) is 26.7. The Hall–Kier alpha value is -4.74. The zero-order valence-electron chi connectivity index (χ0n) is 43.0. The summed E-state index contributed by atoms with van der Waals surface area (Å²) in [4.78, 5) is 24.5. The summed E-state index contributed by atoms with van der Waals surface area (Å²) in [6.45, 7) is 3.86. The van der Waals surface area contributed by atoms with Gasteiger partial charge in [-0.25, -0.2) is 0 Å². The predicted molar refractivity (Wildman–Crippen MR) is 297 cm³/mol. The Morgan fingerprint density at radius 1 is 0.338 bits per heavy atom. The molecule has 1 atom stereocenters. The second kappa shape index (κ2) is 56.6. The minimum atomic E-state index is -0.807. The molecule has 0 amide bonds. The Morgan fingerprint density at radius 2 is 0.588 bits per heavy atom. The zero-order valence-corrected chi connectivity index (χ0v) is 43.0. The lowest BCUT2D eigenvalue weighted by Gasteiger charge is -2.15. The van der Waals surface area contributed by atoms with Gasteiger partial charge >= 0.3 is 11.9 Å². The normalized spacial score (nSPS) is 13.6. The summed E-state index contributed by atoms with van der Waals surface area (Å²) in [6.07, 6.45) is 88.7. The molecule has 0 aromatic rings. The van der Waals surface area contributed by atoms with Crippen LogP contribution >= 0.6 is 0 Å². The van der Waals surface area contributed by atoms with Gasteiger partial charge in [0, 0.05) is 12.8 Å². The van der Waals surface area contributed by atoms with Crippen molar-refractivity contribution in [3.63, 3.8) is 0 Å². The van der Waals surface area contributed by atoms with Crippen LogP contribution in [0.1, 0.15) is 194 Å². The molecule has 0 heterocycles. The van der Waals surface area contributed by atoms with Gasteiger partial charge in [-0.15, -0.1) is 0 Å². The molecule has 5 heteroatoms. The van der Waals surface area contributed by atoms with Crippen LogP contribution in [0.5, 0.6) is 0 Å². The average Bonchev–Trinajstić information content (AvgIpc) is 3.34. The van der Waals surface area contributed by atoms with E-state index in [9.17, 15) is 14.7 Å². The summed E-state index contributed by atoms with van der Waals surface area (Å²) in [5.74, 6) is -0.652. The van der Waals surface area contributed by atoms with Crippen molar-refractivity contribution in [3.05, 3.63) is 170 Å². The fourth-order valence-corrected chi connectivity index (χ4v) is 6.57. The number of rotatable bonds is 46. The number of ether oxygens (including phenoxy) is 2. The van der Waals surface area contributed by atoms with Crippen LogP contribution in [0, 0.1) is 0 Å². The third-order valence-electron chi connectivity index (χ3n) is 10.5. The lowest BCUT2D eigenvalue weighted by atomic mass is 10.1. The molecule has 1 unspecified atom stereocenters. The Bertz CT molecular complexity index is 1570. The number of carbonyl (C=O) groups excluding carboxylic acids is 2. The van der Waals surface area contributed by atoms with Crippen LogP contribution < -0.4 is 0 Å². The molecule has 0 saturated heterocycles. The molecular weight excluding hydrogens is 837 g/mol. The first-order chi connectivity index (χ1) is 33.6. The van der Waals surface area contributed by atoms with Gasteiger partial charge in [-0.3, -0.25) is 9.59 Å². The Balaban J connectivity index is 3.69. The number of aliphatic hydroxyl groups is 1. The molecule has 0 radical (unpaired) electrons. The second-order valence-electron chi connectivity index (χ2n) is 16.8. The highest BCUT2D eigenvalue weighted by Gasteiger charge is 2.16. The molecule has 0 aromatic carbocycles. The number of allylic oxidation sites excluding steroid dienone is 28. The summed E-state index contributed by atoms with van der Waals surface area (Å²) < 4.78 is 10.7. The fraction of sp³-hybridized carbons (Fsp3) is 0.524. The summed E-state index contributed by atoms with van der Waals surface area (Å²) in [7, 11) is 0. The molecule has 0 rings (SSSR count). The SMILES string of the molecule is CC/C=C\C/C=C\C/C=C\C/C=C\C/C=C\C/C=C\C/C=C\CCCCCCCC(=O)OCC(CO)OC(=O)CCCCCCC/C=C\C/C=C\C/C=C\C/C=C\C/C=C\C/C=C\C/C=C\CC. The van der Waals surface area contributed by atoms with Crippen molar-refractivity contribution >= 4 is 11.9 Å². The van der Waals surface area contributed by atoms with E-state index in [0.29, 0.717) is 12.8 Å². The smallest absolute Gasteiger partial charge is 0.306 e. The topological polar surface area (TPSA) is 72.8 Å². The van der Waals surface area contributed by atoms with Crippen LogP contribution in [0.4, 0.5) is 0 Å². The lowest BCUT2D eigenvalue weighted by molar-refractivity contribution is -0.161. The number of unbranched alkanes of at least 4 members (excludes halogenated alkanes) is 10. The zero-order chi connectivity index (χ0) is 49.2. The Kier molecular flexibility index (Phi) is 52.6. The van der Waals surface area contributed by atoms with Crippen molar-refractivity contribution in [2.45, 2.75) is 200 Å². The fourth-order valence-electron chi connectivity index (χ4n) is 6.57. The van der Waals surface area contributed by atoms with E-state index in [2.05, 4.69) is 184 Å². The Labute approximate surface area is 417 Å². The third kappa shape index (κ3) is 53.9. The molecule has 0 spiro atoms. The summed E-state index contributed by atoms with van der Waals surface area (Å²) >= 11 is 0. The van der Waals surface area contributed by atoms with Crippen molar-refractivity contribution in [2.75, 3.05) is 13.2 Å². The quantitative estimate of drug-likeness (QED) is 0.0374. The van der Waals surface area contributed by atoms with Crippen molar-refractivity contribution < 1.29 is 24.2 Å². The minimum absolute atomic E-state index is 0.0976. The van der Waals surface area contributed by atoms with E-state index in [0.717, 1.165) is 167 Å². The molecule has 0 bridgehead atoms. The van der Waals surface area contributed by atoms with Crippen LogP contribution in [-0.4, -0.2) is 36.4 Å². The first-order valence-electron chi connectivity index (χ1n) is 26.7. The monoisotopic (exact) mass is 933 g/mol. The lowest BCUT2D eigenvalue weighted by Crippen LogP contribution is -2.28. The Morgan fingerprint density at radius 3 is 0.882 bits per heavy atom. The molecule has 0 aliphatic rings. The van der Waals surface area contributed by atoms with Crippen LogP contribution in [0.2, 0.25) is 0 Å². The van der Waals surface area contributed by atoms with E-state index in [1.165, 1.54) is 0 Å². The maximum atomic E-state index is 12.3. The molecule has 1 N–H and O–H groups in total. The molecular formula is C63H96O5. The molecule has 0 saturated carbocycles. The number of hydrogen-bond acceptors (Lipinski definition) is 5. The molecule has 0 aromatic heterocycles. The van der Waals surface area contributed by atoms with Gasteiger partial charge in [-0.05, 0) is 128 Å². The van der Waals surface area contributed by atoms with E-state index in [1.54, 1.807) is 0 Å². The van der Waals surface area contributed by atoms with Gasteiger partial charge in [-0.2, -0.15) is 0 Å². The maximum Gasteiger partial charge on any atom is 0.306 e. The largest absolute Gasteiger partial charge is 0.462 e. The van der Waals surface area contributed by atoms with Crippen LogP contribution in [0.25, 0.3) is 0 Å². The average molecular weight is 933 g/mol. The van der Waals surface area contributed by atoms with E-state index in [1.807, 2.05) is 0 Å². The number of esters is 2. The van der Waals surface area contributed by atoms with Gasteiger partial charge in [0.1, 0.15) is 6.61 Å². The van der Waals surface area contributed by atoms with E-state index in [-0.39, 0.29) is 25.2 Å². The molecule has 0 aliphatic carbocycles. The van der Waals surface area contributed by atoms with Crippen molar-refractivity contribution in [1.82, 2.24) is 0 Å². The summed E-state index contributed by atoms with van der Waals surface area (Å²) in [6, 6.07) is 0. The van der Waals surface area contributed by atoms with Crippen molar-refractivity contribution in [3.8, 4) is 0 Å². The van der Waals surface area contributed by atoms with E-state index in [4.69, 9.17) is 9.47 Å². The first kappa shape index (κ1) is 63.3. The molecule has 68 heavy (non-hydrogen) atoms. The highest BCUT2D eigenvalue weighted by Crippen LogP contribution is 2.11. The van der Waals surface area contributed by atoms with Gasteiger partial charge < -0.3 is 14.6 Å². The summed E-state index contributed by atoms with van der Waals surface area (Å²) in [5, 5.41) is 9.64. The predicted octanol–water partition coefficient (Wildman–Crippen LogP) is 18.2. The number of carbonyl (C=O) groups is 2. The van der Waals surface area contributed by atoms with Crippen LogP contribution in [0.15, 0.2) is 170 Å². The van der Waals surface area contributed by atoms with Gasteiger partial charge in [0.25, 0.3) is 0 Å². The van der Waals surface area contributed by atoms with Gasteiger partial charge in [-0.1, -0.05) is 223 Å². The number of hydrogen-bond donors (Lipinski definition) is 1. The van der Waals surface area contributed by atoms with Gasteiger partial charge in [0.2, 0.25) is 0 Å². The molecule has 5 nitrogen and oxygen atoms in total. The van der Waals surface area contributed by atoms with Gasteiger partial charge in [0.15, 0.2) is 6.10 Å². The summed E-state index contributed by atoms with van der Waals surface area (Å²) in [5.41, 5.74) is 0. The molecule has 378 valence electrons. The third-order valence-corrected chi connectivity index (χ3v) is 10.5. The second-order valence-corrected chi connectivity index (χ2v) is 16.8. The van der Waals surface area contributed by atoms with Crippen LogP contribution in [0.3, 0.4) is 0 Å². The maximum absolute atomic E-state index is 12.3. The van der Waals surface area contributed by atoms with E-state index >= 15 is 0 Å². The van der Waals surface area contributed by atoms with E-state index < -0.39 is 6.10 Å².